The number of rotatable bonds is 4. The first-order valence-corrected chi connectivity index (χ1v) is 7.95. The zero-order valence-corrected chi connectivity index (χ0v) is 12.1. The summed E-state index contributed by atoms with van der Waals surface area (Å²) in [5, 5.41) is 14.0. The molecule has 1 aromatic rings. The van der Waals surface area contributed by atoms with Gasteiger partial charge in [-0.15, -0.1) is 0 Å². The molecule has 2 bridgehead atoms. The van der Waals surface area contributed by atoms with Crippen LogP contribution >= 0.6 is 0 Å². The lowest BCUT2D eigenvalue weighted by Gasteiger charge is -2.42. The Morgan fingerprint density at radius 3 is 2.62 bits per heavy atom. The number of aliphatic hydroxyl groups is 1. The first-order chi connectivity index (χ1) is 10.1. The standard InChI is InChI=1S/C16H22N2O3/c19-15(17-11-3-4-11)10-18-12-5-6-13(18)9-16(20,8-12)14-2-1-7-21-14/h1-2,7,11-13,20H,3-6,8-10H2,(H,17,19)/t12-,13-/m0/s1. The van der Waals surface area contributed by atoms with Crippen LogP contribution in [0.4, 0.5) is 0 Å². The van der Waals surface area contributed by atoms with Gasteiger partial charge in [0, 0.05) is 18.1 Å². The molecule has 0 radical (unpaired) electrons. The summed E-state index contributed by atoms with van der Waals surface area (Å²) in [7, 11) is 0. The predicted octanol–water partition coefficient (Wildman–Crippen LogP) is 1.37. The maximum Gasteiger partial charge on any atom is 0.234 e. The maximum atomic E-state index is 12.0. The average molecular weight is 290 g/mol. The second kappa shape index (κ2) is 4.85. The van der Waals surface area contributed by atoms with Gasteiger partial charge >= 0.3 is 0 Å². The molecule has 5 heteroatoms. The lowest BCUT2D eigenvalue weighted by atomic mass is 9.84. The van der Waals surface area contributed by atoms with E-state index in [0.717, 1.165) is 25.7 Å². The van der Waals surface area contributed by atoms with E-state index in [2.05, 4.69) is 10.2 Å². The lowest BCUT2D eigenvalue weighted by Crippen LogP contribution is -2.52. The van der Waals surface area contributed by atoms with Crippen LogP contribution in [0.1, 0.15) is 44.3 Å². The number of piperidine rings is 1. The summed E-state index contributed by atoms with van der Waals surface area (Å²) in [6, 6.07) is 4.66. The minimum atomic E-state index is -0.862. The average Bonchev–Trinajstić information content (AvgIpc) is 2.98. The summed E-state index contributed by atoms with van der Waals surface area (Å²) in [6.45, 7) is 0.472. The van der Waals surface area contributed by atoms with Crippen LogP contribution in [0.15, 0.2) is 22.8 Å². The molecule has 3 heterocycles. The van der Waals surface area contributed by atoms with E-state index in [1.54, 1.807) is 6.26 Å². The third-order valence-electron chi connectivity index (χ3n) is 5.17. The van der Waals surface area contributed by atoms with Crippen LogP contribution in [-0.4, -0.2) is 40.6 Å². The highest BCUT2D eigenvalue weighted by atomic mass is 16.4. The Bertz CT molecular complexity index is 510. The van der Waals surface area contributed by atoms with Gasteiger partial charge in [0.15, 0.2) is 0 Å². The summed E-state index contributed by atoms with van der Waals surface area (Å²) in [5.41, 5.74) is -0.862. The highest BCUT2D eigenvalue weighted by Crippen LogP contribution is 2.45. The summed E-state index contributed by atoms with van der Waals surface area (Å²) >= 11 is 0. The zero-order chi connectivity index (χ0) is 14.4. The molecule has 5 nitrogen and oxygen atoms in total. The van der Waals surface area contributed by atoms with Crippen molar-refractivity contribution in [3.63, 3.8) is 0 Å². The normalized spacial score (nSPS) is 35.9. The van der Waals surface area contributed by atoms with Gasteiger partial charge < -0.3 is 14.8 Å². The molecule has 21 heavy (non-hydrogen) atoms. The minimum absolute atomic E-state index is 0.137. The Labute approximate surface area is 124 Å². The quantitative estimate of drug-likeness (QED) is 0.879. The van der Waals surface area contributed by atoms with Gasteiger partial charge in [0.25, 0.3) is 0 Å². The minimum Gasteiger partial charge on any atom is -0.466 e. The molecule has 1 aliphatic carbocycles. The second-order valence-electron chi connectivity index (χ2n) is 6.82. The predicted molar refractivity (Wildman–Crippen MR) is 76.5 cm³/mol. The smallest absolute Gasteiger partial charge is 0.234 e. The van der Waals surface area contributed by atoms with Gasteiger partial charge in [0.05, 0.1) is 12.8 Å². The molecule has 0 aromatic carbocycles. The van der Waals surface area contributed by atoms with Crippen LogP contribution in [-0.2, 0) is 10.4 Å². The third kappa shape index (κ3) is 2.49. The summed E-state index contributed by atoms with van der Waals surface area (Å²) < 4.78 is 5.43. The molecule has 0 unspecified atom stereocenters. The molecule has 2 saturated heterocycles. The van der Waals surface area contributed by atoms with E-state index < -0.39 is 5.60 Å². The summed E-state index contributed by atoms with van der Waals surface area (Å²) in [5.74, 6) is 0.805. The first kappa shape index (κ1) is 13.3. The van der Waals surface area contributed by atoms with Crippen molar-refractivity contribution in [3.8, 4) is 0 Å². The number of furan rings is 1. The molecule has 3 fully saturated rings. The Morgan fingerprint density at radius 1 is 1.33 bits per heavy atom. The van der Waals surface area contributed by atoms with Crippen LogP contribution in [0.25, 0.3) is 0 Å². The van der Waals surface area contributed by atoms with Crippen molar-refractivity contribution in [3.05, 3.63) is 24.2 Å². The third-order valence-corrected chi connectivity index (χ3v) is 5.17. The van der Waals surface area contributed by atoms with E-state index in [9.17, 15) is 9.90 Å². The number of carbonyl (C=O) groups excluding carboxylic acids is 1. The fraction of sp³-hybridized carbons (Fsp3) is 0.688. The largest absolute Gasteiger partial charge is 0.466 e. The summed E-state index contributed by atoms with van der Waals surface area (Å²) in [4.78, 5) is 14.3. The SMILES string of the molecule is O=C(CN1[C@H]2CC[C@H]1CC(O)(c1ccco1)C2)NC1CC1. The van der Waals surface area contributed by atoms with Crippen molar-refractivity contribution in [2.45, 2.75) is 62.3 Å². The first-order valence-electron chi connectivity index (χ1n) is 7.95. The molecular weight excluding hydrogens is 268 g/mol. The van der Waals surface area contributed by atoms with Crippen LogP contribution in [0.2, 0.25) is 0 Å². The number of hydrogen-bond donors (Lipinski definition) is 2. The van der Waals surface area contributed by atoms with E-state index in [0.29, 0.717) is 31.2 Å². The van der Waals surface area contributed by atoms with Crippen molar-refractivity contribution in [2.75, 3.05) is 6.54 Å². The number of nitrogens with zero attached hydrogens (tertiary/aromatic N) is 1. The number of nitrogens with one attached hydrogen (secondary N) is 1. The number of carbonyl (C=O) groups is 1. The number of hydrogen-bond acceptors (Lipinski definition) is 4. The lowest BCUT2D eigenvalue weighted by molar-refractivity contribution is -0.126. The van der Waals surface area contributed by atoms with Crippen LogP contribution in [0.3, 0.4) is 0 Å². The van der Waals surface area contributed by atoms with E-state index in [4.69, 9.17) is 4.42 Å². The number of amides is 1. The fourth-order valence-corrected chi connectivity index (χ4v) is 3.99. The van der Waals surface area contributed by atoms with Crippen LogP contribution in [0.5, 0.6) is 0 Å². The van der Waals surface area contributed by atoms with Gasteiger partial charge in [-0.3, -0.25) is 9.69 Å². The Balaban J connectivity index is 1.44. The Hall–Kier alpha value is -1.33. The number of fused-ring (bicyclic) bond motifs is 2. The summed E-state index contributed by atoms with van der Waals surface area (Å²) in [6.07, 6.45) is 7.30. The molecule has 2 N–H and O–H groups in total. The van der Waals surface area contributed by atoms with E-state index >= 15 is 0 Å². The van der Waals surface area contributed by atoms with Gasteiger partial charge in [-0.1, -0.05) is 0 Å². The van der Waals surface area contributed by atoms with Crippen molar-refractivity contribution in [2.24, 2.45) is 0 Å². The molecule has 1 saturated carbocycles. The molecule has 114 valence electrons. The zero-order valence-electron chi connectivity index (χ0n) is 12.1. The molecule has 2 aliphatic heterocycles. The van der Waals surface area contributed by atoms with Crippen molar-refractivity contribution in [1.82, 2.24) is 10.2 Å². The maximum absolute atomic E-state index is 12.0. The van der Waals surface area contributed by atoms with Crippen molar-refractivity contribution < 1.29 is 14.3 Å². The Morgan fingerprint density at radius 2 is 2.05 bits per heavy atom. The highest BCUT2D eigenvalue weighted by molar-refractivity contribution is 5.78. The van der Waals surface area contributed by atoms with E-state index in [-0.39, 0.29) is 18.0 Å². The fourth-order valence-electron chi connectivity index (χ4n) is 3.99. The van der Waals surface area contributed by atoms with Gasteiger partial charge in [-0.05, 0) is 50.7 Å². The molecule has 1 aromatic heterocycles. The van der Waals surface area contributed by atoms with Gasteiger partial charge in [-0.2, -0.15) is 0 Å². The topological polar surface area (TPSA) is 65.7 Å². The van der Waals surface area contributed by atoms with E-state index in [1.165, 1.54) is 0 Å². The second-order valence-corrected chi connectivity index (χ2v) is 6.82. The molecule has 1 amide bonds. The van der Waals surface area contributed by atoms with Crippen LogP contribution in [0, 0.1) is 0 Å². The van der Waals surface area contributed by atoms with Crippen molar-refractivity contribution in [1.29, 1.82) is 0 Å². The highest BCUT2D eigenvalue weighted by Gasteiger charge is 2.50. The molecule has 3 aliphatic rings. The monoisotopic (exact) mass is 290 g/mol. The van der Waals surface area contributed by atoms with Gasteiger partial charge in [0.2, 0.25) is 5.91 Å². The van der Waals surface area contributed by atoms with Crippen LogP contribution < -0.4 is 5.32 Å². The molecular formula is C16H22N2O3. The van der Waals surface area contributed by atoms with Gasteiger partial charge in [-0.25, -0.2) is 0 Å². The molecule has 4 rings (SSSR count). The van der Waals surface area contributed by atoms with Gasteiger partial charge in [0.1, 0.15) is 11.4 Å². The molecule has 0 spiro atoms. The van der Waals surface area contributed by atoms with E-state index in [1.807, 2.05) is 12.1 Å². The Kier molecular flexibility index (Phi) is 3.08. The molecule has 2 atom stereocenters. The van der Waals surface area contributed by atoms with Crippen molar-refractivity contribution >= 4 is 5.91 Å².